The van der Waals surface area contributed by atoms with Crippen LogP contribution in [0.15, 0.2) is 30.3 Å². The molecule has 0 bridgehead atoms. The molecule has 1 unspecified atom stereocenters. The third-order valence-corrected chi connectivity index (χ3v) is 3.66. The van der Waals surface area contributed by atoms with Gasteiger partial charge >= 0.3 is 0 Å². The van der Waals surface area contributed by atoms with E-state index in [0.717, 1.165) is 32.6 Å². The third kappa shape index (κ3) is 3.79. The topological polar surface area (TPSA) is 39.1 Å². The van der Waals surface area contributed by atoms with Crippen molar-refractivity contribution in [2.75, 3.05) is 19.6 Å². The molecule has 1 N–H and O–H groups in total. The van der Waals surface area contributed by atoms with Gasteiger partial charge in [-0.15, -0.1) is 0 Å². The Kier molecular flexibility index (Phi) is 4.57. The lowest BCUT2D eigenvalue weighted by atomic mass is 10.00. The Morgan fingerprint density at radius 2 is 2.11 bits per heavy atom. The van der Waals surface area contributed by atoms with E-state index in [1.54, 1.807) is 0 Å². The van der Waals surface area contributed by atoms with E-state index in [0.29, 0.717) is 5.92 Å². The van der Waals surface area contributed by atoms with Gasteiger partial charge in [-0.2, -0.15) is 5.26 Å². The van der Waals surface area contributed by atoms with Crippen molar-refractivity contribution in [2.24, 2.45) is 5.92 Å². The van der Waals surface area contributed by atoms with Crippen LogP contribution in [-0.4, -0.2) is 30.1 Å². The van der Waals surface area contributed by atoms with Gasteiger partial charge in [-0.3, -0.25) is 10.2 Å². The smallest absolute Gasteiger partial charge is 0.120 e. The summed E-state index contributed by atoms with van der Waals surface area (Å²) in [6.45, 7) is 8.02. The Hall–Kier alpha value is -1.37. The van der Waals surface area contributed by atoms with Crippen LogP contribution < -0.4 is 5.32 Å². The second-order valence-electron chi connectivity index (χ2n) is 5.91. The summed E-state index contributed by atoms with van der Waals surface area (Å²) < 4.78 is 0. The van der Waals surface area contributed by atoms with Crippen LogP contribution in [0.4, 0.5) is 0 Å². The number of hydrogen-bond donors (Lipinski definition) is 1. The molecule has 1 aromatic rings. The van der Waals surface area contributed by atoms with Gasteiger partial charge in [0.15, 0.2) is 0 Å². The van der Waals surface area contributed by atoms with Crippen LogP contribution in [0.5, 0.6) is 0 Å². The predicted octanol–water partition coefficient (Wildman–Crippen LogP) is 2.40. The van der Waals surface area contributed by atoms with Crippen LogP contribution in [0.25, 0.3) is 0 Å². The lowest BCUT2D eigenvalue weighted by Gasteiger charge is -2.24. The van der Waals surface area contributed by atoms with Crippen molar-refractivity contribution in [1.29, 1.82) is 5.26 Å². The molecule has 3 nitrogen and oxygen atoms in total. The molecule has 0 spiro atoms. The van der Waals surface area contributed by atoms with Crippen LogP contribution in [0.3, 0.4) is 0 Å². The Labute approximate surface area is 116 Å². The highest BCUT2D eigenvalue weighted by atomic mass is 15.2. The van der Waals surface area contributed by atoms with Crippen LogP contribution in [0, 0.1) is 17.2 Å². The van der Waals surface area contributed by atoms with Crippen molar-refractivity contribution >= 4 is 0 Å². The molecule has 3 heteroatoms. The first-order valence-electron chi connectivity index (χ1n) is 7.06. The molecule has 102 valence electrons. The molecule has 0 radical (unpaired) electrons. The van der Waals surface area contributed by atoms with E-state index < -0.39 is 0 Å². The monoisotopic (exact) mass is 257 g/mol. The molecule has 1 heterocycles. The maximum Gasteiger partial charge on any atom is 0.120 e. The average molecular weight is 257 g/mol. The number of likely N-dealkylation sites (tertiary alicyclic amines) is 1. The third-order valence-electron chi connectivity index (χ3n) is 3.66. The minimum absolute atomic E-state index is 0.348. The SMILES string of the molecule is CC(C)CNC1(C#N)CCN(Cc2ccccc2)C1. The number of nitrogens with zero attached hydrogens (tertiary/aromatic N) is 2. The normalized spacial score (nSPS) is 23.7. The molecule has 1 saturated heterocycles. The fourth-order valence-electron chi connectivity index (χ4n) is 2.54. The highest BCUT2D eigenvalue weighted by Gasteiger charge is 2.37. The Morgan fingerprint density at radius 3 is 2.74 bits per heavy atom. The quantitative estimate of drug-likeness (QED) is 0.880. The molecular weight excluding hydrogens is 234 g/mol. The Morgan fingerprint density at radius 1 is 1.37 bits per heavy atom. The van der Waals surface area contributed by atoms with Crippen molar-refractivity contribution in [3.8, 4) is 6.07 Å². The summed E-state index contributed by atoms with van der Waals surface area (Å²) in [6.07, 6.45) is 0.920. The zero-order valence-corrected chi connectivity index (χ0v) is 11.9. The minimum Gasteiger partial charge on any atom is -0.298 e. The van der Waals surface area contributed by atoms with Crippen LogP contribution in [0.2, 0.25) is 0 Å². The van der Waals surface area contributed by atoms with Gasteiger partial charge in [0.25, 0.3) is 0 Å². The van der Waals surface area contributed by atoms with Gasteiger partial charge in [-0.1, -0.05) is 44.2 Å². The highest BCUT2D eigenvalue weighted by molar-refractivity contribution is 5.17. The Bertz CT molecular complexity index is 435. The van der Waals surface area contributed by atoms with E-state index in [9.17, 15) is 5.26 Å². The molecule has 1 atom stereocenters. The van der Waals surface area contributed by atoms with Crippen molar-refractivity contribution in [3.05, 3.63) is 35.9 Å². The summed E-state index contributed by atoms with van der Waals surface area (Å²) in [4.78, 5) is 2.37. The van der Waals surface area contributed by atoms with Crippen molar-refractivity contribution in [2.45, 2.75) is 32.4 Å². The zero-order chi connectivity index (χ0) is 13.7. The molecular formula is C16H23N3. The zero-order valence-electron chi connectivity index (χ0n) is 11.9. The fraction of sp³-hybridized carbons (Fsp3) is 0.562. The van der Waals surface area contributed by atoms with E-state index in [1.165, 1.54) is 5.56 Å². The highest BCUT2D eigenvalue weighted by Crippen LogP contribution is 2.22. The molecule has 1 aliphatic heterocycles. The standard InChI is InChI=1S/C16H23N3/c1-14(2)10-18-16(12-17)8-9-19(13-16)11-15-6-4-3-5-7-15/h3-7,14,18H,8-11,13H2,1-2H3. The number of rotatable bonds is 5. The molecule has 1 aliphatic rings. The molecule has 2 rings (SSSR count). The van der Waals surface area contributed by atoms with E-state index in [4.69, 9.17) is 0 Å². The molecule has 0 aromatic heterocycles. The molecule has 0 aliphatic carbocycles. The van der Waals surface area contributed by atoms with Crippen LogP contribution in [0.1, 0.15) is 25.8 Å². The number of nitriles is 1. The number of nitrogens with one attached hydrogen (secondary N) is 1. The van der Waals surface area contributed by atoms with Gasteiger partial charge in [0.05, 0.1) is 6.07 Å². The van der Waals surface area contributed by atoms with Crippen LogP contribution >= 0.6 is 0 Å². The lowest BCUT2D eigenvalue weighted by Crippen LogP contribution is -2.47. The van der Waals surface area contributed by atoms with E-state index in [1.807, 2.05) is 6.07 Å². The van der Waals surface area contributed by atoms with Crippen LogP contribution in [-0.2, 0) is 6.54 Å². The van der Waals surface area contributed by atoms with E-state index in [2.05, 4.69) is 54.4 Å². The summed E-state index contributed by atoms with van der Waals surface area (Å²) in [7, 11) is 0. The second kappa shape index (κ2) is 6.18. The maximum absolute atomic E-state index is 9.47. The first-order valence-corrected chi connectivity index (χ1v) is 7.06. The van der Waals surface area contributed by atoms with Crippen molar-refractivity contribution in [1.82, 2.24) is 10.2 Å². The maximum atomic E-state index is 9.47. The molecule has 19 heavy (non-hydrogen) atoms. The largest absolute Gasteiger partial charge is 0.298 e. The molecule has 1 fully saturated rings. The summed E-state index contributed by atoms with van der Waals surface area (Å²) in [6, 6.07) is 13.0. The summed E-state index contributed by atoms with van der Waals surface area (Å²) in [5.41, 5.74) is 0.971. The molecule has 1 aromatic carbocycles. The average Bonchev–Trinajstić information content (AvgIpc) is 2.82. The summed E-state index contributed by atoms with van der Waals surface area (Å²) >= 11 is 0. The van der Waals surface area contributed by atoms with Gasteiger partial charge < -0.3 is 0 Å². The first-order chi connectivity index (χ1) is 9.13. The van der Waals surface area contributed by atoms with Gasteiger partial charge in [0, 0.05) is 19.6 Å². The van der Waals surface area contributed by atoms with E-state index >= 15 is 0 Å². The summed E-state index contributed by atoms with van der Waals surface area (Å²) in [5, 5.41) is 12.9. The fourth-order valence-corrected chi connectivity index (χ4v) is 2.54. The second-order valence-corrected chi connectivity index (χ2v) is 5.91. The van der Waals surface area contributed by atoms with Crippen molar-refractivity contribution in [3.63, 3.8) is 0 Å². The van der Waals surface area contributed by atoms with Gasteiger partial charge in [-0.05, 0) is 24.4 Å². The molecule has 0 saturated carbocycles. The van der Waals surface area contributed by atoms with Crippen molar-refractivity contribution < 1.29 is 0 Å². The minimum atomic E-state index is -0.348. The van der Waals surface area contributed by atoms with Gasteiger partial charge in [0.2, 0.25) is 0 Å². The summed E-state index contributed by atoms with van der Waals surface area (Å²) in [5.74, 6) is 0.577. The first kappa shape index (κ1) is 14.0. The number of benzene rings is 1. The van der Waals surface area contributed by atoms with E-state index in [-0.39, 0.29) is 5.54 Å². The predicted molar refractivity (Wildman–Crippen MR) is 77.5 cm³/mol. The van der Waals surface area contributed by atoms with Gasteiger partial charge in [-0.25, -0.2) is 0 Å². The Balaban J connectivity index is 1.92. The number of hydrogen-bond acceptors (Lipinski definition) is 3. The lowest BCUT2D eigenvalue weighted by molar-refractivity contribution is 0.299. The van der Waals surface area contributed by atoms with Gasteiger partial charge in [0.1, 0.15) is 5.54 Å². The molecule has 0 amide bonds.